The summed E-state index contributed by atoms with van der Waals surface area (Å²) in [6.07, 6.45) is 0. The predicted molar refractivity (Wildman–Crippen MR) is 69.0 cm³/mol. The largest absolute Gasteiger partial charge is 1.00 e. The Bertz CT molecular complexity index is 261. The molecule has 0 spiro atoms. The van der Waals surface area contributed by atoms with Crippen molar-refractivity contribution in [2.24, 2.45) is 0 Å². The van der Waals surface area contributed by atoms with Crippen molar-refractivity contribution in [2.45, 2.75) is 0 Å². The Morgan fingerprint density at radius 3 is 1.14 bits per heavy atom. The van der Waals surface area contributed by atoms with Gasteiger partial charge in [0.25, 0.3) is 0 Å². The summed E-state index contributed by atoms with van der Waals surface area (Å²) in [5, 5.41) is 0. The molecule has 0 radical (unpaired) electrons. The standard InChI is InChI=1S/B12.2Cs/c1-3-5-7-9-11-12-10-8-6-4-2;;/q-2;2*+1. The van der Waals surface area contributed by atoms with Gasteiger partial charge in [0.1, 0.15) is 0 Å². The molecule has 0 saturated carbocycles. The van der Waals surface area contributed by atoms with Crippen molar-refractivity contribution >= 4 is 81.0 Å². The molecule has 0 aromatic rings. The van der Waals surface area contributed by atoms with Gasteiger partial charge in [0, 0.05) is 0 Å². The summed E-state index contributed by atoms with van der Waals surface area (Å²) >= 11 is 0. The minimum Gasteiger partial charge on any atom is 1.00 e. The van der Waals surface area contributed by atoms with Gasteiger partial charge < -0.3 is 0 Å². The molecular weight excluding hydrogens is 396 g/mol. The number of rotatable bonds is 3. The molecule has 0 aliphatic carbocycles. The van der Waals surface area contributed by atoms with E-state index in [4.69, 9.17) is 14.4 Å². The third kappa shape index (κ3) is 22.1. The maximum Gasteiger partial charge on any atom is 1.00 e. The summed E-state index contributed by atoms with van der Waals surface area (Å²) in [5.41, 5.74) is 0. The number of hydrogen-bond donors (Lipinski definition) is 0. The number of hydrogen-bond acceptors (Lipinski definition) is 0. The average molecular weight is 396 g/mol. The molecule has 0 amide bonds. The van der Waals surface area contributed by atoms with Crippen molar-refractivity contribution in [3.8, 4) is 0 Å². The van der Waals surface area contributed by atoms with E-state index in [0.29, 0.717) is 0 Å². The van der Waals surface area contributed by atoms with Gasteiger partial charge in [-0.2, -0.15) is 0 Å². The van der Waals surface area contributed by atoms with Gasteiger partial charge in [0.05, 0.1) is 0 Å². The summed E-state index contributed by atoms with van der Waals surface area (Å²) in [5.74, 6) is 0. The molecule has 0 atom stereocenters. The molecule has 0 saturated heterocycles. The monoisotopic (exact) mass is 398 g/mol. The van der Waals surface area contributed by atoms with Crippen LogP contribution in [0.25, 0.3) is 0 Å². The molecule has 0 aromatic carbocycles. The van der Waals surface area contributed by atoms with Crippen LogP contribution < -0.4 is 138 Å². The van der Waals surface area contributed by atoms with Crippen LogP contribution in [0.1, 0.15) is 0 Å². The smallest absolute Gasteiger partial charge is 1.00 e. The van der Waals surface area contributed by atoms with Gasteiger partial charge in [-0.05, 0) is 0 Å². The fourth-order valence-electron chi connectivity index (χ4n) is 0.513. The molecule has 14 heavy (non-hydrogen) atoms. The van der Waals surface area contributed by atoms with Crippen LogP contribution in [-0.4, -0.2) is 81.0 Å². The van der Waals surface area contributed by atoms with E-state index >= 15 is 0 Å². The fraction of sp³-hybridized carbons (Fsp3) is 0. The molecule has 0 nitrogen and oxygen atoms in total. The second-order valence-electron chi connectivity index (χ2n) is 1.92. The second-order valence-corrected chi connectivity index (χ2v) is 1.92. The van der Waals surface area contributed by atoms with Crippen molar-refractivity contribution in [3.63, 3.8) is 0 Å². The molecule has 0 aliphatic rings. The minimum atomic E-state index is 0. The first-order valence-corrected chi connectivity index (χ1v) is 3.67. The molecule has 0 bridgehead atoms. The fourth-order valence-corrected chi connectivity index (χ4v) is 0.513. The quantitative estimate of drug-likeness (QED) is 0.417. The van der Waals surface area contributed by atoms with Gasteiger partial charge in [0.15, 0.2) is 0 Å². The van der Waals surface area contributed by atoms with Crippen molar-refractivity contribution in [2.75, 3.05) is 0 Å². The van der Waals surface area contributed by atoms with Crippen LogP contribution in [0, 0.1) is 0 Å². The molecule has 0 aromatic heterocycles. The topological polar surface area (TPSA) is 0 Å². The van der Waals surface area contributed by atoms with Gasteiger partial charge in [0.2, 0.25) is 0 Å². The van der Waals surface area contributed by atoms with Crippen LogP contribution in [-0.2, 0) is 0 Å². The first-order chi connectivity index (χ1) is 5.91. The first-order valence-electron chi connectivity index (χ1n) is 3.67. The molecule has 0 heterocycles. The molecule has 0 aliphatic heterocycles. The summed E-state index contributed by atoms with van der Waals surface area (Å²) in [7, 11) is 10.2. The van der Waals surface area contributed by atoms with E-state index in [1.165, 1.54) is 13.0 Å². The van der Waals surface area contributed by atoms with E-state index in [2.05, 4.69) is 0 Å². The zero-order valence-corrected chi connectivity index (χ0v) is 21.5. The molecule has 0 fully saturated rings. The molecule has 0 rings (SSSR count). The molecule has 0 N–H and O–H groups in total. The molecule has 38 valence electrons. The second kappa shape index (κ2) is 23.0. The van der Waals surface area contributed by atoms with E-state index < -0.39 is 0 Å². The van der Waals surface area contributed by atoms with E-state index in [1.54, 1.807) is 13.4 Å². The summed E-state index contributed by atoms with van der Waals surface area (Å²) in [6.45, 7) is 17.8. The maximum atomic E-state index is 5.12. The van der Waals surface area contributed by atoms with E-state index in [1.807, 2.05) is 40.2 Å². The third-order valence-corrected chi connectivity index (χ3v) is 1.00. The summed E-state index contributed by atoms with van der Waals surface area (Å²) in [4.78, 5) is 0. The Balaban J connectivity index is -0.000000605. The van der Waals surface area contributed by atoms with Crippen LogP contribution in [0.2, 0.25) is 0 Å². The Hall–Kier alpha value is 4.88. The van der Waals surface area contributed by atoms with Crippen LogP contribution in [0.4, 0.5) is 0 Å². The van der Waals surface area contributed by atoms with Gasteiger partial charge >= 0.3 is 219 Å². The van der Waals surface area contributed by atoms with E-state index in [9.17, 15) is 0 Å². The van der Waals surface area contributed by atoms with Gasteiger partial charge in [-0.15, -0.1) is 0 Å². The maximum absolute atomic E-state index is 5.12. The Labute approximate surface area is 212 Å². The van der Waals surface area contributed by atoms with E-state index in [0.717, 1.165) is 0 Å². The Morgan fingerprint density at radius 2 is 0.857 bits per heavy atom. The SMILES string of the molecule is B#[B-]B=BB=BB=BB=B[B-]#B.[Cs+].[Cs+]. The Morgan fingerprint density at radius 1 is 0.571 bits per heavy atom. The molecule has 14 heteroatoms. The molecular formula is B12Cs2. The van der Waals surface area contributed by atoms with Crippen molar-refractivity contribution < 1.29 is 138 Å². The predicted octanol–water partition coefficient (Wildman–Crippen LogP) is -10.6. The Kier molecular flexibility index (Phi) is 39.3. The zero-order valence-electron chi connectivity index (χ0n) is 8.93. The minimum absolute atomic E-state index is 0. The molecule has 0 unspecified atom stereocenters. The summed E-state index contributed by atoms with van der Waals surface area (Å²) in [6, 6.07) is 0. The van der Waals surface area contributed by atoms with Gasteiger partial charge in [-0.25, -0.2) is 0 Å². The van der Waals surface area contributed by atoms with Crippen LogP contribution >= 0.6 is 0 Å². The van der Waals surface area contributed by atoms with E-state index in [-0.39, 0.29) is 138 Å². The van der Waals surface area contributed by atoms with Gasteiger partial charge in [-0.1, -0.05) is 0 Å². The van der Waals surface area contributed by atoms with Crippen LogP contribution in [0.15, 0.2) is 0 Å². The van der Waals surface area contributed by atoms with Gasteiger partial charge in [-0.3, -0.25) is 0 Å². The first kappa shape index (κ1) is 23.9. The van der Waals surface area contributed by atoms with Crippen molar-refractivity contribution in [3.05, 3.63) is 0 Å². The normalized spacial score (nSPS) is 5.71. The van der Waals surface area contributed by atoms with Crippen molar-refractivity contribution in [1.82, 2.24) is 0 Å². The van der Waals surface area contributed by atoms with Crippen molar-refractivity contribution in [1.29, 1.82) is 0 Å². The summed E-state index contributed by atoms with van der Waals surface area (Å²) < 4.78 is 0. The zero-order chi connectivity index (χ0) is 9.07. The van der Waals surface area contributed by atoms with Crippen LogP contribution in [0.5, 0.6) is 0 Å². The third-order valence-electron chi connectivity index (χ3n) is 1.00. The van der Waals surface area contributed by atoms with Crippen LogP contribution in [0.3, 0.4) is 0 Å². The average Bonchev–Trinajstić information content (AvgIpc) is 2.10.